The fourth-order valence-corrected chi connectivity index (χ4v) is 2.76. The van der Waals surface area contributed by atoms with Crippen molar-refractivity contribution in [1.82, 2.24) is 5.32 Å². The van der Waals surface area contributed by atoms with Gasteiger partial charge >= 0.3 is 17.9 Å². The van der Waals surface area contributed by atoms with E-state index in [2.05, 4.69) is 5.32 Å². The third-order valence-corrected chi connectivity index (χ3v) is 4.55. The van der Waals surface area contributed by atoms with Crippen LogP contribution in [0.25, 0.3) is 0 Å². The van der Waals surface area contributed by atoms with E-state index in [1.54, 1.807) is 0 Å². The Morgan fingerprint density at radius 3 is 1.35 bits per heavy atom. The van der Waals surface area contributed by atoms with Gasteiger partial charge in [-0.05, 0) is 6.92 Å². The molecule has 0 bridgehead atoms. The van der Waals surface area contributed by atoms with Crippen molar-refractivity contribution < 1.29 is 81.9 Å². The molecule has 0 aromatic rings. The lowest BCUT2D eigenvalue weighted by atomic mass is 10.3. The molecule has 0 aliphatic rings. The van der Waals surface area contributed by atoms with Crippen LogP contribution < -0.4 is 5.32 Å². The molecule has 0 saturated heterocycles. The SMILES string of the molecule is CC(=O)COCCOC(COCCOCC(=O)O)COCC(COCCOCC(=O)NCC(=O)O)OCCOCC(=O)O. The molecule has 0 radical (unpaired) electrons. The van der Waals surface area contributed by atoms with Gasteiger partial charge in [0.2, 0.25) is 5.91 Å². The van der Waals surface area contributed by atoms with E-state index >= 15 is 0 Å². The van der Waals surface area contributed by atoms with Crippen LogP contribution in [0.3, 0.4) is 0 Å². The summed E-state index contributed by atoms with van der Waals surface area (Å²) in [6, 6.07) is 0. The zero-order chi connectivity index (χ0) is 32.1. The van der Waals surface area contributed by atoms with E-state index in [1.807, 2.05) is 0 Å². The maximum Gasteiger partial charge on any atom is 0.329 e. The van der Waals surface area contributed by atoms with Gasteiger partial charge in [-0.3, -0.25) is 14.4 Å². The summed E-state index contributed by atoms with van der Waals surface area (Å²) in [7, 11) is 0. The van der Waals surface area contributed by atoms with Crippen LogP contribution in [0.15, 0.2) is 0 Å². The van der Waals surface area contributed by atoms with Gasteiger partial charge < -0.3 is 63.3 Å². The lowest BCUT2D eigenvalue weighted by molar-refractivity contribution is -0.144. The molecule has 0 spiro atoms. The minimum Gasteiger partial charge on any atom is -0.480 e. The Labute approximate surface area is 248 Å². The first kappa shape index (κ1) is 40.2. The molecule has 4 N–H and O–H groups in total. The summed E-state index contributed by atoms with van der Waals surface area (Å²) in [5.41, 5.74) is 0. The maximum absolute atomic E-state index is 11.4. The number of aliphatic carboxylic acids is 3. The topological polar surface area (TPSA) is 241 Å². The van der Waals surface area contributed by atoms with Crippen LogP contribution >= 0.6 is 0 Å². The molecule has 18 nitrogen and oxygen atoms in total. The molecule has 43 heavy (non-hydrogen) atoms. The van der Waals surface area contributed by atoms with E-state index in [0.29, 0.717) is 0 Å². The molecule has 2 atom stereocenters. The van der Waals surface area contributed by atoms with Crippen molar-refractivity contribution in [3.63, 3.8) is 0 Å². The highest BCUT2D eigenvalue weighted by Gasteiger charge is 2.15. The Morgan fingerprint density at radius 2 is 0.907 bits per heavy atom. The summed E-state index contributed by atoms with van der Waals surface area (Å²) in [6.07, 6.45) is -1.15. The number of nitrogens with one attached hydrogen (secondary N) is 1. The molecule has 0 heterocycles. The number of hydrogen-bond acceptors (Lipinski definition) is 14. The molecule has 0 aromatic carbocycles. The average Bonchev–Trinajstić information content (AvgIpc) is 2.93. The van der Waals surface area contributed by atoms with Gasteiger partial charge in [-0.1, -0.05) is 0 Å². The van der Waals surface area contributed by atoms with Gasteiger partial charge in [0.05, 0.1) is 79.3 Å². The predicted octanol–water partition coefficient (Wildman–Crippen LogP) is -2.17. The number of Topliss-reactive ketones (excluding diaryl/α,β-unsaturated/α-hetero) is 1. The summed E-state index contributed by atoms with van der Waals surface area (Å²) in [5.74, 6) is -4.10. The van der Waals surface area contributed by atoms with Crippen LogP contribution in [0.5, 0.6) is 0 Å². The van der Waals surface area contributed by atoms with Gasteiger partial charge in [0.15, 0.2) is 5.78 Å². The van der Waals surface area contributed by atoms with Gasteiger partial charge in [-0.25, -0.2) is 9.59 Å². The summed E-state index contributed by atoms with van der Waals surface area (Å²) in [5, 5.41) is 28.0. The highest BCUT2D eigenvalue weighted by atomic mass is 16.6. The number of carboxylic acid groups (broad SMARTS) is 3. The van der Waals surface area contributed by atoms with Crippen molar-refractivity contribution in [3.8, 4) is 0 Å². The minimum atomic E-state index is -1.18. The van der Waals surface area contributed by atoms with E-state index in [9.17, 15) is 24.0 Å². The molecular weight excluding hydrogens is 586 g/mol. The number of ketones is 1. The number of ether oxygens (including phenoxy) is 9. The van der Waals surface area contributed by atoms with Gasteiger partial charge in [0.25, 0.3) is 0 Å². The van der Waals surface area contributed by atoms with Crippen LogP contribution in [0.1, 0.15) is 6.92 Å². The van der Waals surface area contributed by atoms with Crippen molar-refractivity contribution in [2.45, 2.75) is 19.1 Å². The molecule has 0 aliphatic heterocycles. The van der Waals surface area contributed by atoms with E-state index in [0.717, 1.165) is 0 Å². The Morgan fingerprint density at radius 1 is 0.512 bits per heavy atom. The third kappa shape index (κ3) is 30.5. The highest BCUT2D eigenvalue weighted by Crippen LogP contribution is 2.01. The molecule has 0 saturated carbocycles. The van der Waals surface area contributed by atoms with Crippen molar-refractivity contribution in [2.75, 3.05) is 112 Å². The minimum absolute atomic E-state index is 0.0150. The Balaban J connectivity index is 4.63. The smallest absolute Gasteiger partial charge is 0.329 e. The first-order chi connectivity index (χ1) is 20.6. The number of hydrogen-bond donors (Lipinski definition) is 4. The van der Waals surface area contributed by atoms with E-state index in [4.69, 9.17) is 58.0 Å². The molecule has 0 aromatic heterocycles. The maximum atomic E-state index is 11.4. The number of carbonyl (C=O) groups excluding carboxylic acids is 2. The van der Waals surface area contributed by atoms with Crippen molar-refractivity contribution in [2.24, 2.45) is 0 Å². The molecule has 0 rings (SSSR count). The van der Waals surface area contributed by atoms with Gasteiger partial charge in [0.1, 0.15) is 45.2 Å². The summed E-state index contributed by atoms with van der Waals surface area (Å²) in [4.78, 5) is 54.0. The molecule has 2 unspecified atom stereocenters. The van der Waals surface area contributed by atoms with Crippen molar-refractivity contribution >= 4 is 29.6 Å². The monoisotopic (exact) mass is 629 g/mol. The molecule has 250 valence electrons. The number of amides is 1. The van der Waals surface area contributed by atoms with Crippen molar-refractivity contribution in [3.05, 3.63) is 0 Å². The van der Waals surface area contributed by atoms with Crippen molar-refractivity contribution in [1.29, 1.82) is 0 Å². The second-order valence-electron chi connectivity index (χ2n) is 8.54. The standard InChI is InChI=1S/C25H43NO17/c1-19(27)11-35-6-8-42-20(13-37-3-5-39-17-24(31)32)14-41-15-21(43-9-7-40-18-25(33)34)12-36-2-4-38-16-22(28)26-10-23(29)30/h20-21H,2-18H2,1H3,(H,26,28)(H,29,30)(H,31,32)(H,33,34). The van der Waals surface area contributed by atoms with Gasteiger partial charge in [0, 0.05) is 0 Å². The second kappa shape index (κ2) is 28.0. The Kier molecular flexibility index (Phi) is 26.2. The Hall–Kier alpha value is -2.81. The largest absolute Gasteiger partial charge is 0.480 e. The molecule has 18 heteroatoms. The first-order valence-corrected chi connectivity index (χ1v) is 13.3. The zero-order valence-corrected chi connectivity index (χ0v) is 24.2. The quantitative estimate of drug-likeness (QED) is 0.0579. The number of rotatable bonds is 32. The fourth-order valence-electron chi connectivity index (χ4n) is 2.76. The van der Waals surface area contributed by atoms with Gasteiger partial charge in [-0.2, -0.15) is 0 Å². The third-order valence-electron chi connectivity index (χ3n) is 4.55. The molecule has 1 amide bonds. The van der Waals surface area contributed by atoms with Crippen LogP contribution in [-0.4, -0.2) is 169 Å². The van der Waals surface area contributed by atoms with Crippen LogP contribution in [0, 0.1) is 0 Å². The van der Waals surface area contributed by atoms with Gasteiger partial charge in [-0.15, -0.1) is 0 Å². The molecule has 0 aliphatic carbocycles. The lowest BCUT2D eigenvalue weighted by Crippen LogP contribution is -2.33. The van der Waals surface area contributed by atoms with E-state index < -0.39 is 55.8 Å². The zero-order valence-electron chi connectivity index (χ0n) is 24.2. The number of carbonyl (C=O) groups is 5. The van der Waals surface area contributed by atoms with Crippen LogP contribution in [0.4, 0.5) is 0 Å². The fraction of sp³-hybridized carbons (Fsp3) is 0.800. The Bertz CT molecular complexity index is 781. The van der Waals surface area contributed by atoms with E-state index in [-0.39, 0.29) is 98.3 Å². The van der Waals surface area contributed by atoms with Crippen LogP contribution in [0.2, 0.25) is 0 Å². The predicted molar refractivity (Wildman–Crippen MR) is 142 cm³/mol. The van der Waals surface area contributed by atoms with Crippen LogP contribution in [-0.2, 0) is 66.6 Å². The first-order valence-electron chi connectivity index (χ1n) is 13.3. The lowest BCUT2D eigenvalue weighted by Gasteiger charge is -2.22. The summed E-state index contributed by atoms with van der Waals surface area (Å²) >= 11 is 0. The number of carboxylic acids is 3. The molecule has 0 fully saturated rings. The second-order valence-corrected chi connectivity index (χ2v) is 8.54. The highest BCUT2D eigenvalue weighted by molar-refractivity contribution is 5.81. The summed E-state index contributed by atoms with van der Waals surface area (Å²) in [6.45, 7) is 0.528. The molecular formula is C25H43NO17. The normalized spacial score (nSPS) is 12.5. The average molecular weight is 630 g/mol. The van der Waals surface area contributed by atoms with E-state index in [1.165, 1.54) is 6.92 Å². The summed E-state index contributed by atoms with van der Waals surface area (Å²) < 4.78 is 48.3.